The number of carbonyl (C=O) groups excluding carboxylic acids is 1. The Labute approximate surface area is 200 Å². The van der Waals surface area contributed by atoms with E-state index in [0.29, 0.717) is 12.1 Å². The summed E-state index contributed by atoms with van der Waals surface area (Å²) in [5.41, 5.74) is 1.37. The summed E-state index contributed by atoms with van der Waals surface area (Å²) in [5.74, 6) is -0.597. The summed E-state index contributed by atoms with van der Waals surface area (Å²) in [7, 11) is -3.94. The van der Waals surface area contributed by atoms with E-state index in [2.05, 4.69) is 23.5 Å². The minimum absolute atomic E-state index is 0.00245. The number of anilines is 1. The summed E-state index contributed by atoms with van der Waals surface area (Å²) in [4.78, 5) is 17.8. The number of morpholine rings is 1. The molecule has 2 aromatic carbocycles. The van der Waals surface area contributed by atoms with E-state index < -0.39 is 15.8 Å². The number of nitrogens with zero attached hydrogens (tertiary/aromatic N) is 2. The highest BCUT2D eigenvalue weighted by molar-refractivity contribution is 7.92. The van der Waals surface area contributed by atoms with Crippen LogP contribution in [-0.4, -0.2) is 68.6 Å². The fourth-order valence-electron chi connectivity index (χ4n) is 4.91. The van der Waals surface area contributed by atoms with Crippen molar-refractivity contribution < 1.29 is 22.3 Å². The van der Waals surface area contributed by atoms with Gasteiger partial charge >= 0.3 is 0 Å². The zero-order valence-electron chi connectivity index (χ0n) is 19.8. The molecule has 9 heteroatoms. The number of hydrogen-bond donors (Lipinski definition) is 1. The lowest BCUT2D eigenvalue weighted by molar-refractivity contribution is -0.0715. The van der Waals surface area contributed by atoms with E-state index in [0.717, 1.165) is 38.0 Å². The Morgan fingerprint density at radius 3 is 2.47 bits per heavy atom. The smallest absolute Gasteiger partial charge is 0.261 e. The normalized spacial score (nSPS) is 23.8. The van der Waals surface area contributed by atoms with Gasteiger partial charge in [0.15, 0.2) is 0 Å². The summed E-state index contributed by atoms with van der Waals surface area (Å²) < 4.78 is 47.3. The van der Waals surface area contributed by atoms with Crippen molar-refractivity contribution in [2.75, 3.05) is 30.9 Å². The average molecular weight is 490 g/mol. The monoisotopic (exact) mass is 489 g/mol. The van der Waals surface area contributed by atoms with Crippen molar-refractivity contribution in [2.45, 2.75) is 56.8 Å². The van der Waals surface area contributed by atoms with Crippen molar-refractivity contribution in [3.8, 4) is 0 Å². The number of aryl methyl sites for hydroxylation is 1. The lowest BCUT2D eigenvalue weighted by Crippen LogP contribution is -2.51. The van der Waals surface area contributed by atoms with Crippen LogP contribution in [0, 0.1) is 12.7 Å². The van der Waals surface area contributed by atoms with Crippen molar-refractivity contribution in [1.29, 1.82) is 0 Å². The molecule has 0 radical (unpaired) electrons. The number of carbonyl (C=O) groups is 1. The molecule has 7 nitrogen and oxygen atoms in total. The van der Waals surface area contributed by atoms with Gasteiger partial charge in [-0.05, 0) is 75.6 Å². The topological polar surface area (TPSA) is 79.0 Å². The van der Waals surface area contributed by atoms with Crippen LogP contribution in [0.5, 0.6) is 0 Å². The number of hydrogen-bond acceptors (Lipinski definition) is 5. The van der Waals surface area contributed by atoms with Gasteiger partial charge in [-0.2, -0.15) is 0 Å². The Balaban J connectivity index is 1.52. The molecule has 0 bridgehead atoms. The number of nitrogens with one attached hydrogen (secondary N) is 1. The number of ether oxygens (including phenoxy) is 1. The average Bonchev–Trinajstić information content (AvgIpc) is 3.22. The highest BCUT2D eigenvalue weighted by Gasteiger charge is 2.33. The van der Waals surface area contributed by atoms with E-state index in [9.17, 15) is 17.6 Å². The van der Waals surface area contributed by atoms with Crippen LogP contribution in [0.4, 0.5) is 10.1 Å². The number of rotatable bonds is 6. The fraction of sp³-hybridized carbons (Fsp3) is 0.480. The van der Waals surface area contributed by atoms with Crippen molar-refractivity contribution in [1.82, 2.24) is 9.80 Å². The first-order valence-electron chi connectivity index (χ1n) is 11.7. The Hall–Kier alpha value is -2.49. The molecular formula is C25H32FN3O4S. The number of benzene rings is 2. The first-order chi connectivity index (χ1) is 16.1. The van der Waals surface area contributed by atoms with Crippen LogP contribution in [0.2, 0.25) is 0 Å². The van der Waals surface area contributed by atoms with E-state index in [1.165, 1.54) is 36.4 Å². The van der Waals surface area contributed by atoms with Crippen LogP contribution in [-0.2, 0) is 14.8 Å². The largest absolute Gasteiger partial charge is 0.373 e. The molecule has 2 heterocycles. The fourth-order valence-corrected chi connectivity index (χ4v) is 5.99. The van der Waals surface area contributed by atoms with Crippen LogP contribution in [0.3, 0.4) is 0 Å². The van der Waals surface area contributed by atoms with Gasteiger partial charge in [0.2, 0.25) is 0 Å². The van der Waals surface area contributed by atoms with E-state index in [-0.39, 0.29) is 34.7 Å². The highest BCUT2D eigenvalue weighted by atomic mass is 32.2. The second-order valence-electron chi connectivity index (χ2n) is 9.36. The van der Waals surface area contributed by atoms with E-state index in [1.54, 1.807) is 6.07 Å². The number of amides is 1. The number of halogens is 1. The van der Waals surface area contributed by atoms with E-state index in [4.69, 9.17) is 4.74 Å². The zero-order valence-corrected chi connectivity index (χ0v) is 20.6. The molecule has 0 aliphatic carbocycles. The molecule has 3 atom stereocenters. The van der Waals surface area contributed by atoms with Crippen molar-refractivity contribution in [3.05, 3.63) is 59.4 Å². The van der Waals surface area contributed by atoms with Gasteiger partial charge < -0.3 is 9.64 Å². The molecule has 1 N–H and O–H groups in total. The molecule has 184 valence electrons. The Kier molecular flexibility index (Phi) is 7.25. The van der Waals surface area contributed by atoms with Crippen LogP contribution in [0.1, 0.15) is 42.6 Å². The second kappa shape index (κ2) is 10.0. The van der Waals surface area contributed by atoms with Gasteiger partial charge in [0, 0.05) is 43.5 Å². The van der Waals surface area contributed by atoms with Gasteiger partial charge in [0.25, 0.3) is 15.9 Å². The van der Waals surface area contributed by atoms with Gasteiger partial charge in [0.1, 0.15) is 5.82 Å². The quantitative estimate of drug-likeness (QED) is 0.670. The van der Waals surface area contributed by atoms with E-state index in [1.807, 2.05) is 11.8 Å². The third-order valence-electron chi connectivity index (χ3n) is 6.45. The summed E-state index contributed by atoms with van der Waals surface area (Å²) >= 11 is 0. The Bertz CT molecular complexity index is 1130. The predicted molar refractivity (Wildman–Crippen MR) is 129 cm³/mol. The van der Waals surface area contributed by atoms with Crippen molar-refractivity contribution in [2.24, 2.45) is 0 Å². The molecule has 1 amide bonds. The van der Waals surface area contributed by atoms with Crippen LogP contribution < -0.4 is 4.72 Å². The third kappa shape index (κ3) is 5.59. The Morgan fingerprint density at radius 2 is 1.79 bits per heavy atom. The van der Waals surface area contributed by atoms with Gasteiger partial charge in [-0.1, -0.05) is 6.07 Å². The number of sulfonamides is 1. The molecule has 2 aliphatic heterocycles. The van der Waals surface area contributed by atoms with Crippen molar-refractivity contribution >= 4 is 21.6 Å². The third-order valence-corrected chi connectivity index (χ3v) is 7.83. The molecule has 2 fully saturated rings. The maximum absolute atomic E-state index is 13.5. The van der Waals surface area contributed by atoms with Gasteiger partial charge in [-0.25, -0.2) is 12.8 Å². The maximum atomic E-state index is 13.5. The molecule has 2 saturated heterocycles. The van der Waals surface area contributed by atoms with Gasteiger partial charge in [-0.3, -0.25) is 14.4 Å². The lowest BCUT2D eigenvalue weighted by atomic mass is 10.1. The zero-order chi connectivity index (χ0) is 24.5. The summed E-state index contributed by atoms with van der Waals surface area (Å²) in [5, 5.41) is 0. The van der Waals surface area contributed by atoms with Crippen LogP contribution in [0.25, 0.3) is 0 Å². The summed E-state index contributed by atoms with van der Waals surface area (Å²) in [6, 6.07) is 9.75. The molecular weight excluding hydrogens is 457 g/mol. The van der Waals surface area contributed by atoms with Crippen LogP contribution in [0.15, 0.2) is 47.4 Å². The first kappa shape index (κ1) is 24.6. The predicted octanol–water partition coefficient (Wildman–Crippen LogP) is 3.65. The summed E-state index contributed by atoms with van der Waals surface area (Å²) in [6.07, 6.45) is 2.17. The molecule has 0 saturated carbocycles. The first-order valence-corrected chi connectivity index (χ1v) is 13.2. The molecule has 3 unspecified atom stereocenters. The highest BCUT2D eigenvalue weighted by Crippen LogP contribution is 2.26. The number of likely N-dealkylation sites (tertiary alicyclic amines) is 1. The maximum Gasteiger partial charge on any atom is 0.261 e. The van der Waals surface area contributed by atoms with E-state index >= 15 is 0 Å². The molecule has 2 aromatic rings. The standard InChI is InChI=1S/C25H32FN3O4S/c1-17-6-11-23(34(31,32)27-21-9-7-20(26)8-10-21)13-24(17)25(30)29-12-4-5-22(29)16-28-14-18(2)33-19(3)15-28/h6-11,13,18-19,22,27H,4-5,12,14-16H2,1-3H3. The minimum atomic E-state index is -3.94. The molecule has 0 spiro atoms. The second-order valence-corrected chi connectivity index (χ2v) is 11.0. The summed E-state index contributed by atoms with van der Waals surface area (Å²) in [6.45, 7) is 9.06. The van der Waals surface area contributed by atoms with Crippen LogP contribution >= 0.6 is 0 Å². The molecule has 4 rings (SSSR count). The van der Waals surface area contributed by atoms with Crippen molar-refractivity contribution in [3.63, 3.8) is 0 Å². The SMILES string of the molecule is Cc1ccc(S(=O)(=O)Nc2ccc(F)cc2)cc1C(=O)N1CCCC1CN1CC(C)OC(C)C1. The minimum Gasteiger partial charge on any atom is -0.373 e. The van der Waals surface area contributed by atoms with Gasteiger partial charge in [-0.15, -0.1) is 0 Å². The molecule has 34 heavy (non-hydrogen) atoms. The molecule has 0 aromatic heterocycles. The van der Waals surface area contributed by atoms with Gasteiger partial charge in [0.05, 0.1) is 17.1 Å². The Morgan fingerprint density at radius 1 is 1.12 bits per heavy atom. The lowest BCUT2D eigenvalue weighted by Gasteiger charge is -2.38. The molecule has 2 aliphatic rings.